The SMILES string of the molecule is Clc1ccc(CN(CCN2CCOCC2)c2cn(C34CC5CC(CC(C5)C3)C4)nn2)cc1. The van der Waals surface area contributed by atoms with Gasteiger partial charge in [0.25, 0.3) is 0 Å². The zero-order chi connectivity index (χ0) is 21.5. The molecule has 1 aromatic heterocycles. The Labute approximate surface area is 195 Å². The molecule has 2 aromatic rings. The van der Waals surface area contributed by atoms with Crippen molar-refractivity contribution in [1.82, 2.24) is 19.9 Å². The first-order valence-electron chi connectivity index (χ1n) is 12.4. The van der Waals surface area contributed by atoms with Crippen molar-refractivity contribution < 1.29 is 4.74 Å². The molecule has 2 heterocycles. The lowest BCUT2D eigenvalue weighted by atomic mass is 9.53. The van der Waals surface area contributed by atoms with Crippen LogP contribution in [-0.2, 0) is 16.8 Å². The first-order chi connectivity index (χ1) is 15.6. The molecule has 5 fully saturated rings. The number of hydrogen-bond donors (Lipinski definition) is 0. The molecule has 4 saturated carbocycles. The predicted octanol–water partition coefficient (Wildman–Crippen LogP) is 4.20. The number of halogens is 1. The number of benzene rings is 1. The van der Waals surface area contributed by atoms with Gasteiger partial charge in [0.15, 0.2) is 5.82 Å². The van der Waals surface area contributed by atoms with Crippen molar-refractivity contribution >= 4 is 17.4 Å². The Kier molecular flexibility index (Phi) is 5.64. The fourth-order valence-electron chi connectivity index (χ4n) is 7.15. The van der Waals surface area contributed by atoms with Crippen LogP contribution in [0.2, 0.25) is 5.02 Å². The van der Waals surface area contributed by atoms with Gasteiger partial charge in [-0.1, -0.05) is 28.9 Å². The van der Waals surface area contributed by atoms with Crippen LogP contribution < -0.4 is 4.90 Å². The highest BCUT2D eigenvalue weighted by atomic mass is 35.5. The van der Waals surface area contributed by atoms with Gasteiger partial charge in [-0.05, 0) is 74.0 Å². The minimum Gasteiger partial charge on any atom is -0.379 e. The van der Waals surface area contributed by atoms with E-state index in [1.54, 1.807) is 0 Å². The van der Waals surface area contributed by atoms with E-state index in [0.717, 1.165) is 74.5 Å². The molecular weight excluding hydrogens is 422 g/mol. The van der Waals surface area contributed by atoms with Crippen LogP contribution in [0.4, 0.5) is 5.82 Å². The molecule has 4 aliphatic carbocycles. The summed E-state index contributed by atoms with van der Waals surface area (Å²) in [6.45, 7) is 6.45. The molecule has 0 atom stereocenters. The summed E-state index contributed by atoms with van der Waals surface area (Å²) in [4.78, 5) is 4.88. The Bertz CT molecular complexity index is 887. The van der Waals surface area contributed by atoms with E-state index < -0.39 is 0 Å². The summed E-state index contributed by atoms with van der Waals surface area (Å²) in [5.41, 5.74) is 1.47. The van der Waals surface area contributed by atoms with E-state index >= 15 is 0 Å². The summed E-state index contributed by atoms with van der Waals surface area (Å²) in [5.74, 6) is 3.71. The Morgan fingerprint density at radius 1 is 1.00 bits per heavy atom. The van der Waals surface area contributed by atoms with Crippen molar-refractivity contribution in [3.63, 3.8) is 0 Å². The van der Waals surface area contributed by atoms with Crippen LogP contribution in [0.1, 0.15) is 44.1 Å². The van der Waals surface area contributed by atoms with Crippen molar-refractivity contribution in [1.29, 1.82) is 0 Å². The number of ether oxygens (including phenoxy) is 1. The fourth-order valence-corrected chi connectivity index (χ4v) is 7.27. The molecule has 0 N–H and O–H groups in total. The average molecular weight is 456 g/mol. The minimum atomic E-state index is 0.218. The van der Waals surface area contributed by atoms with Crippen molar-refractivity contribution in [3.05, 3.63) is 41.0 Å². The average Bonchev–Trinajstić information content (AvgIpc) is 3.29. The van der Waals surface area contributed by atoms with E-state index in [1.165, 1.54) is 44.1 Å². The summed E-state index contributed by atoms with van der Waals surface area (Å²) in [6.07, 6.45) is 10.5. The van der Waals surface area contributed by atoms with Gasteiger partial charge < -0.3 is 9.64 Å². The molecule has 1 aromatic carbocycles. The van der Waals surface area contributed by atoms with Gasteiger partial charge in [-0.25, -0.2) is 4.68 Å². The van der Waals surface area contributed by atoms with Crippen LogP contribution in [0, 0.1) is 17.8 Å². The zero-order valence-corrected chi connectivity index (χ0v) is 19.6. The summed E-state index contributed by atoms with van der Waals surface area (Å²) in [5, 5.41) is 10.2. The molecule has 32 heavy (non-hydrogen) atoms. The van der Waals surface area contributed by atoms with Gasteiger partial charge in [0.2, 0.25) is 0 Å². The smallest absolute Gasteiger partial charge is 0.171 e. The number of morpholine rings is 1. The summed E-state index contributed by atoms with van der Waals surface area (Å²) in [6, 6.07) is 8.19. The lowest BCUT2D eigenvalue weighted by Gasteiger charge is -2.56. The second kappa shape index (κ2) is 8.62. The zero-order valence-electron chi connectivity index (χ0n) is 18.8. The fraction of sp³-hybridized carbons (Fsp3) is 0.680. The second-order valence-corrected chi connectivity index (χ2v) is 11.1. The Morgan fingerprint density at radius 3 is 2.31 bits per heavy atom. The van der Waals surface area contributed by atoms with Gasteiger partial charge in [-0.15, -0.1) is 5.10 Å². The van der Waals surface area contributed by atoms with E-state index in [1.807, 2.05) is 12.1 Å². The van der Waals surface area contributed by atoms with Gasteiger partial charge >= 0.3 is 0 Å². The number of aromatic nitrogens is 3. The van der Waals surface area contributed by atoms with E-state index in [9.17, 15) is 0 Å². The third-order valence-electron chi connectivity index (χ3n) is 8.37. The maximum Gasteiger partial charge on any atom is 0.171 e. The first kappa shape index (κ1) is 20.9. The van der Waals surface area contributed by atoms with E-state index in [0.29, 0.717) is 0 Å². The highest BCUT2D eigenvalue weighted by Crippen LogP contribution is 2.58. The molecule has 7 rings (SSSR count). The molecule has 6 nitrogen and oxygen atoms in total. The van der Waals surface area contributed by atoms with Crippen LogP contribution in [0.15, 0.2) is 30.5 Å². The van der Waals surface area contributed by atoms with Gasteiger partial charge in [-0.2, -0.15) is 0 Å². The van der Waals surface area contributed by atoms with Crippen molar-refractivity contribution in [2.24, 2.45) is 17.8 Å². The lowest BCUT2D eigenvalue weighted by molar-refractivity contribution is -0.0502. The molecule has 0 radical (unpaired) electrons. The van der Waals surface area contributed by atoms with E-state index in [2.05, 4.69) is 32.8 Å². The maximum atomic E-state index is 6.12. The third-order valence-corrected chi connectivity index (χ3v) is 8.63. The molecule has 1 aliphatic heterocycles. The van der Waals surface area contributed by atoms with E-state index in [4.69, 9.17) is 26.6 Å². The molecule has 0 amide bonds. The standard InChI is InChI=1S/C25H34ClN5O/c26-23-3-1-19(2-4-23)17-30(6-5-29-7-9-32-10-8-29)24-18-31(28-27-24)25-14-20-11-21(15-25)13-22(12-20)16-25/h1-4,18,20-22H,5-17H2. The third kappa shape index (κ3) is 4.17. The quantitative estimate of drug-likeness (QED) is 0.626. The highest BCUT2D eigenvalue weighted by Gasteiger charge is 2.52. The van der Waals surface area contributed by atoms with Gasteiger partial charge in [-0.3, -0.25) is 4.90 Å². The number of hydrogen-bond acceptors (Lipinski definition) is 5. The predicted molar refractivity (Wildman–Crippen MR) is 126 cm³/mol. The number of anilines is 1. The van der Waals surface area contributed by atoms with Crippen LogP contribution in [0.3, 0.4) is 0 Å². The maximum absolute atomic E-state index is 6.12. The molecular formula is C25H34ClN5O. The van der Waals surface area contributed by atoms with Gasteiger partial charge in [0.05, 0.1) is 24.9 Å². The molecule has 0 spiro atoms. The largest absolute Gasteiger partial charge is 0.379 e. The van der Waals surface area contributed by atoms with Crippen molar-refractivity contribution in [3.8, 4) is 0 Å². The van der Waals surface area contributed by atoms with Crippen molar-refractivity contribution in [2.75, 3.05) is 44.3 Å². The summed E-state index contributed by atoms with van der Waals surface area (Å²) >= 11 is 6.12. The normalized spacial score (nSPS) is 31.8. The van der Waals surface area contributed by atoms with Crippen LogP contribution >= 0.6 is 11.6 Å². The second-order valence-electron chi connectivity index (χ2n) is 10.7. The Morgan fingerprint density at radius 2 is 1.66 bits per heavy atom. The molecule has 1 saturated heterocycles. The van der Waals surface area contributed by atoms with Crippen LogP contribution in [-0.4, -0.2) is 59.3 Å². The number of rotatable bonds is 7. The summed E-state index contributed by atoms with van der Waals surface area (Å²) < 4.78 is 7.80. The monoisotopic (exact) mass is 455 g/mol. The number of nitrogens with zero attached hydrogens (tertiary/aromatic N) is 5. The van der Waals surface area contributed by atoms with Gasteiger partial charge in [0.1, 0.15) is 0 Å². The van der Waals surface area contributed by atoms with Crippen LogP contribution in [0.25, 0.3) is 0 Å². The van der Waals surface area contributed by atoms with E-state index in [-0.39, 0.29) is 5.54 Å². The first-order valence-corrected chi connectivity index (χ1v) is 12.8. The minimum absolute atomic E-state index is 0.218. The molecule has 5 aliphatic rings. The highest BCUT2D eigenvalue weighted by molar-refractivity contribution is 6.30. The summed E-state index contributed by atoms with van der Waals surface area (Å²) in [7, 11) is 0. The molecule has 0 unspecified atom stereocenters. The topological polar surface area (TPSA) is 46.4 Å². The van der Waals surface area contributed by atoms with Gasteiger partial charge in [0, 0.05) is 37.7 Å². The molecule has 7 heteroatoms. The van der Waals surface area contributed by atoms with Crippen LogP contribution in [0.5, 0.6) is 0 Å². The molecule has 4 bridgehead atoms. The Balaban J connectivity index is 1.22. The lowest BCUT2D eigenvalue weighted by Crippen LogP contribution is -2.52. The molecule has 172 valence electrons. The Hall–Kier alpha value is -1.63. The van der Waals surface area contributed by atoms with Crippen molar-refractivity contribution in [2.45, 2.75) is 50.6 Å².